The second kappa shape index (κ2) is 5.93. The van der Waals surface area contributed by atoms with Gasteiger partial charge in [0.25, 0.3) is 0 Å². The fourth-order valence-corrected chi connectivity index (χ4v) is 2.64. The quantitative estimate of drug-likeness (QED) is 0.895. The Labute approximate surface area is 120 Å². The summed E-state index contributed by atoms with van der Waals surface area (Å²) in [7, 11) is 0. The number of carbonyl (C=O) groups excluding carboxylic acids is 1. The van der Waals surface area contributed by atoms with Crippen molar-refractivity contribution in [1.82, 2.24) is 0 Å². The smallest absolute Gasteiger partial charge is 0.371 e. The van der Waals surface area contributed by atoms with Crippen LogP contribution in [-0.4, -0.2) is 19.0 Å². The molecule has 4 N–H and O–H groups in total. The normalized spacial score (nSPS) is 17.0. The van der Waals surface area contributed by atoms with Crippen LogP contribution >= 0.6 is 0 Å². The predicted octanol–water partition coefficient (Wildman–Crippen LogP) is 1.87. The minimum Gasteiger partial charge on any atom is -0.371 e. The molecule has 0 aliphatic carbocycles. The molecule has 1 aromatic rings. The highest BCUT2D eigenvalue weighted by Gasteiger charge is 2.33. The SMILES string of the molecule is NCc1cc(N2CCC(C(N)=O)CC2)ccc1C(F)(F)F. The first-order valence-corrected chi connectivity index (χ1v) is 6.77. The number of carbonyl (C=O) groups is 1. The number of amides is 1. The molecule has 1 saturated heterocycles. The standard InChI is InChI=1S/C14H18F3N3O/c15-14(16,17)12-2-1-11(7-10(12)8-18)20-5-3-9(4-6-20)13(19)21/h1-2,7,9H,3-6,8,18H2,(H2,19,21). The first kappa shape index (κ1) is 15.6. The van der Waals surface area contributed by atoms with Gasteiger partial charge in [-0.05, 0) is 36.6 Å². The van der Waals surface area contributed by atoms with E-state index in [1.165, 1.54) is 12.1 Å². The lowest BCUT2D eigenvalue weighted by atomic mass is 9.95. The number of halogens is 3. The van der Waals surface area contributed by atoms with E-state index in [0.29, 0.717) is 31.6 Å². The summed E-state index contributed by atoms with van der Waals surface area (Å²) >= 11 is 0. The molecule has 1 aromatic carbocycles. The van der Waals surface area contributed by atoms with Gasteiger partial charge in [-0.3, -0.25) is 4.79 Å². The van der Waals surface area contributed by atoms with Crippen LogP contribution in [0.2, 0.25) is 0 Å². The summed E-state index contributed by atoms with van der Waals surface area (Å²) in [6.07, 6.45) is -3.16. The Morgan fingerprint density at radius 1 is 1.29 bits per heavy atom. The van der Waals surface area contributed by atoms with Crippen LogP contribution in [0.4, 0.5) is 18.9 Å². The second-order valence-corrected chi connectivity index (χ2v) is 5.21. The van der Waals surface area contributed by atoms with E-state index in [9.17, 15) is 18.0 Å². The lowest BCUT2D eigenvalue weighted by Crippen LogP contribution is -2.38. The summed E-state index contributed by atoms with van der Waals surface area (Å²) in [5.41, 5.74) is 10.8. The monoisotopic (exact) mass is 301 g/mol. The molecule has 4 nitrogen and oxygen atoms in total. The first-order chi connectivity index (χ1) is 9.82. The number of rotatable bonds is 3. The highest BCUT2D eigenvalue weighted by molar-refractivity contribution is 5.77. The van der Waals surface area contributed by atoms with Gasteiger partial charge in [-0.1, -0.05) is 0 Å². The summed E-state index contributed by atoms with van der Waals surface area (Å²) in [5, 5.41) is 0. The van der Waals surface area contributed by atoms with Crippen LogP contribution in [0.5, 0.6) is 0 Å². The average Bonchev–Trinajstić information content (AvgIpc) is 2.45. The van der Waals surface area contributed by atoms with Gasteiger partial charge in [0.15, 0.2) is 0 Å². The van der Waals surface area contributed by atoms with Crippen molar-refractivity contribution in [3.8, 4) is 0 Å². The lowest BCUT2D eigenvalue weighted by molar-refractivity contribution is -0.138. The van der Waals surface area contributed by atoms with E-state index in [4.69, 9.17) is 11.5 Å². The number of primary amides is 1. The molecule has 1 aliphatic rings. The molecule has 1 aliphatic heterocycles. The Morgan fingerprint density at radius 3 is 2.38 bits per heavy atom. The molecule has 2 rings (SSSR count). The van der Waals surface area contributed by atoms with Gasteiger partial charge < -0.3 is 16.4 Å². The molecule has 1 fully saturated rings. The maximum atomic E-state index is 12.8. The summed E-state index contributed by atoms with van der Waals surface area (Å²) in [6, 6.07) is 4.00. The minimum atomic E-state index is -4.40. The van der Waals surface area contributed by atoms with Crippen LogP contribution in [0, 0.1) is 5.92 Å². The fourth-order valence-electron chi connectivity index (χ4n) is 2.64. The Kier molecular flexibility index (Phi) is 4.41. The van der Waals surface area contributed by atoms with Crippen molar-refractivity contribution in [3.05, 3.63) is 29.3 Å². The van der Waals surface area contributed by atoms with Gasteiger partial charge in [0, 0.05) is 31.2 Å². The molecule has 21 heavy (non-hydrogen) atoms. The highest BCUT2D eigenvalue weighted by Crippen LogP contribution is 2.34. The van der Waals surface area contributed by atoms with E-state index >= 15 is 0 Å². The van der Waals surface area contributed by atoms with Gasteiger partial charge in [-0.25, -0.2) is 0 Å². The summed E-state index contributed by atoms with van der Waals surface area (Å²) in [4.78, 5) is 13.1. The van der Waals surface area contributed by atoms with E-state index in [-0.39, 0.29) is 23.9 Å². The van der Waals surface area contributed by atoms with E-state index in [1.807, 2.05) is 4.90 Å². The van der Waals surface area contributed by atoms with Gasteiger partial charge >= 0.3 is 6.18 Å². The molecule has 1 heterocycles. The van der Waals surface area contributed by atoms with Crippen molar-refractivity contribution in [2.45, 2.75) is 25.6 Å². The predicted molar refractivity (Wildman–Crippen MR) is 73.5 cm³/mol. The molecule has 0 aromatic heterocycles. The van der Waals surface area contributed by atoms with Crippen LogP contribution < -0.4 is 16.4 Å². The highest BCUT2D eigenvalue weighted by atomic mass is 19.4. The molecule has 116 valence electrons. The van der Waals surface area contributed by atoms with E-state index in [1.54, 1.807) is 0 Å². The first-order valence-electron chi connectivity index (χ1n) is 6.77. The molecule has 0 atom stereocenters. The molecule has 0 radical (unpaired) electrons. The zero-order chi connectivity index (χ0) is 15.6. The molecular formula is C14H18F3N3O. The topological polar surface area (TPSA) is 72.3 Å². The number of nitrogens with zero attached hydrogens (tertiary/aromatic N) is 1. The zero-order valence-electron chi connectivity index (χ0n) is 11.5. The summed E-state index contributed by atoms with van der Waals surface area (Å²) in [6.45, 7) is 1.03. The molecule has 0 unspecified atom stereocenters. The van der Waals surface area contributed by atoms with Crippen molar-refractivity contribution in [3.63, 3.8) is 0 Å². The number of nitrogens with two attached hydrogens (primary N) is 2. The average molecular weight is 301 g/mol. The number of hydrogen-bond donors (Lipinski definition) is 2. The molecule has 0 spiro atoms. The number of piperidine rings is 1. The molecule has 7 heteroatoms. The van der Waals surface area contributed by atoms with Crippen LogP contribution in [0.15, 0.2) is 18.2 Å². The number of anilines is 1. The number of benzene rings is 1. The van der Waals surface area contributed by atoms with Gasteiger partial charge in [0.05, 0.1) is 5.56 Å². The van der Waals surface area contributed by atoms with Crippen LogP contribution in [0.25, 0.3) is 0 Å². The number of hydrogen-bond acceptors (Lipinski definition) is 3. The van der Waals surface area contributed by atoms with Crippen molar-refractivity contribution in [1.29, 1.82) is 0 Å². The maximum Gasteiger partial charge on any atom is 0.416 e. The van der Waals surface area contributed by atoms with Crippen LogP contribution in [-0.2, 0) is 17.5 Å². The third kappa shape index (κ3) is 3.47. The number of alkyl halides is 3. The van der Waals surface area contributed by atoms with Crippen molar-refractivity contribution >= 4 is 11.6 Å². The van der Waals surface area contributed by atoms with E-state index in [0.717, 1.165) is 6.07 Å². The van der Waals surface area contributed by atoms with Crippen LogP contribution in [0.1, 0.15) is 24.0 Å². The summed E-state index contributed by atoms with van der Waals surface area (Å²) in [5.74, 6) is -0.464. The third-order valence-corrected chi connectivity index (χ3v) is 3.88. The zero-order valence-corrected chi connectivity index (χ0v) is 11.5. The Hall–Kier alpha value is -1.76. The lowest BCUT2D eigenvalue weighted by Gasteiger charge is -2.32. The van der Waals surface area contributed by atoms with E-state index in [2.05, 4.69) is 0 Å². The van der Waals surface area contributed by atoms with Gasteiger partial charge in [0.2, 0.25) is 5.91 Å². The van der Waals surface area contributed by atoms with Crippen molar-refractivity contribution < 1.29 is 18.0 Å². The Morgan fingerprint density at radius 2 is 1.90 bits per heavy atom. The summed E-state index contributed by atoms with van der Waals surface area (Å²) < 4.78 is 38.5. The Balaban J connectivity index is 2.17. The Bertz CT molecular complexity index is 523. The van der Waals surface area contributed by atoms with Crippen molar-refractivity contribution in [2.24, 2.45) is 17.4 Å². The maximum absolute atomic E-state index is 12.8. The molecular weight excluding hydrogens is 283 g/mol. The molecule has 0 bridgehead atoms. The molecule has 1 amide bonds. The van der Waals surface area contributed by atoms with E-state index < -0.39 is 11.7 Å². The largest absolute Gasteiger partial charge is 0.416 e. The second-order valence-electron chi connectivity index (χ2n) is 5.21. The van der Waals surface area contributed by atoms with Gasteiger partial charge in [0.1, 0.15) is 0 Å². The van der Waals surface area contributed by atoms with Crippen molar-refractivity contribution in [2.75, 3.05) is 18.0 Å². The molecule has 0 saturated carbocycles. The van der Waals surface area contributed by atoms with Crippen LogP contribution in [0.3, 0.4) is 0 Å². The third-order valence-electron chi connectivity index (χ3n) is 3.88. The fraction of sp³-hybridized carbons (Fsp3) is 0.500. The van der Waals surface area contributed by atoms with Gasteiger partial charge in [-0.2, -0.15) is 13.2 Å². The minimum absolute atomic E-state index is 0.0806. The van der Waals surface area contributed by atoms with Gasteiger partial charge in [-0.15, -0.1) is 0 Å².